The van der Waals surface area contributed by atoms with E-state index in [1.807, 2.05) is 25.1 Å². The molecule has 4 rings (SSSR count). The first-order valence-electron chi connectivity index (χ1n) is 9.25. The van der Waals surface area contributed by atoms with Gasteiger partial charge in [0.15, 0.2) is 5.76 Å². The largest absolute Gasteiger partial charge is 0.496 e. The molecule has 6 heteroatoms. The molecule has 30 heavy (non-hydrogen) atoms. The summed E-state index contributed by atoms with van der Waals surface area (Å²) in [5, 5.41) is 0. The lowest BCUT2D eigenvalue weighted by atomic mass is 10.1. The van der Waals surface area contributed by atoms with Crippen LogP contribution in [0.5, 0.6) is 17.2 Å². The quantitative estimate of drug-likeness (QED) is 0.424. The number of ketones is 1. The van der Waals surface area contributed by atoms with Crippen LogP contribution in [0, 0.1) is 12.7 Å². The van der Waals surface area contributed by atoms with E-state index < -0.39 is 0 Å². The van der Waals surface area contributed by atoms with E-state index in [2.05, 4.69) is 15.9 Å². The number of carbonyl (C=O) groups excluding carboxylic acids is 1. The van der Waals surface area contributed by atoms with Crippen LogP contribution in [-0.4, -0.2) is 12.9 Å². The Labute approximate surface area is 182 Å². The summed E-state index contributed by atoms with van der Waals surface area (Å²) < 4.78 is 31.1. The van der Waals surface area contributed by atoms with Gasteiger partial charge in [0.25, 0.3) is 0 Å². The van der Waals surface area contributed by atoms with Gasteiger partial charge in [-0.25, -0.2) is 4.39 Å². The molecular weight excluding hydrogens is 451 g/mol. The highest BCUT2D eigenvalue weighted by Gasteiger charge is 2.30. The number of benzene rings is 3. The van der Waals surface area contributed by atoms with E-state index in [1.54, 1.807) is 37.5 Å². The zero-order chi connectivity index (χ0) is 21.3. The van der Waals surface area contributed by atoms with Crippen LogP contribution in [0.3, 0.4) is 0 Å². The molecule has 0 unspecified atom stereocenters. The lowest BCUT2D eigenvalue weighted by Crippen LogP contribution is -1.99. The number of hydrogen-bond donors (Lipinski definition) is 0. The Balaban J connectivity index is 1.59. The average Bonchev–Trinajstić information content (AvgIpc) is 3.05. The summed E-state index contributed by atoms with van der Waals surface area (Å²) in [6.07, 6.45) is 1.67. The van der Waals surface area contributed by atoms with Gasteiger partial charge in [-0.3, -0.25) is 4.79 Å². The number of carbonyl (C=O) groups is 1. The summed E-state index contributed by atoms with van der Waals surface area (Å²) >= 11 is 3.43. The predicted octanol–water partition coefficient (Wildman–Crippen LogP) is 6.10. The molecule has 0 saturated heterocycles. The third kappa shape index (κ3) is 3.96. The molecule has 0 aliphatic carbocycles. The van der Waals surface area contributed by atoms with Crippen molar-refractivity contribution in [1.82, 2.24) is 0 Å². The summed E-state index contributed by atoms with van der Waals surface area (Å²) in [4.78, 5) is 12.8. The SMILES string of the molecule is COc1ccc(Br)cc1/C=C1\Oc2c(ccc(OCc3ccc(F)cc3)c2C)C1=O. The third-order valence-electron chi connectivity index (χ3n) is 4.82. The van der Waals surface area contributed by atoms with Crippen LogP contribution in [0.1, 0.15) is 27.0 Å². The van der Waals surface area contributed by atoms with Gasteiger partial charge in [-0.15, -0.1) is 0 Å². The van der Waals surface area contributed by atoms with Crippen molar-refractivity contribution in [2.45, 2.75) is 13.5 Å². The lowest BCUT2D eigenvalue weighted by molar-refractivity contribution is 0.101. The van der Waals surface area contributed by atoms with Gasteiger partial charge in [-0.1, -0.05) is 28.1 Å². The zero-order valence-electron chi connectivity index (χ0n) is 16.4. The molecule has 152 valence electrons. The van der Waals surface area contributed by atoms with E-state index in [1.165, 1.54) is 12.1 Å². The zero-order valence-corrected chi connectivity index (χ0v) is 18.0. The smallest absolute Gasteiger partial charge is 0.231 e. The number of hydrogen-bond acceptors (Lipinski definition) is 4. The normalized spacial score (nSPS) is 13.9. The number of allylic oxidation sites excluding steroid dienone is 1. The number of halogens is 2. The Bertz CT molecular complexity index is 1150. The summed E-state index contributed by atoms with van der Waals surface area (Å²) in [6.45, 7) is 2.13. The van der Waals surface area contributed by atoms with Crippen LogP contribution in [0.4, 0.5) is 4.39 Å². The fourth-order valence-corrected chi connectivity index (χ4v) is 3.60. The Morgan fingerprint density at radius 3 is 2.53 bits per heavy atom. The van der Waals surface area contributed by atoms with Gasteiger partial charge in [-0.2, -0.15) is 0 Å². The maximum absolute atomic E-state index is 13.1. The molecule has 0 spiro atoms. The monoisotopic (exact) mass is 468 g/mol. The van der Waals surface area contributed by atoms with Gasteiger partial charge in [0.1, 0.15) is 29.7 Å². The molecule has 1 heterocycles. The molecule has 0 atom stereocenters. The number of methoxy groups -OCH3 is 1. The second-order valence-electron chi connectivity index (χ2n) is 6.81. The minimum atomic E-state index is -0.291. The van der Waals surface area contributed by atoms with Crippen molar-refractivity contribution < 1.29 is 23.4 Å². The van der Waals surface area contributed by atoms with Gasteiger partial charge >= 0.3 is 0 Å². The topological polar surface area (TPSA) is 44.8 Å². The number of Topliss-reactive ketones (excluding diaryl/α,β-unsaturated/α-hetero) is 1. The Kier molecular flexibility index (Phi) is 5.59. The molecule has 3 aromatic rings. The van der Waals surface area contributed by atoms with Crippen molar-refractivity contribution in [3.05, 3.63) is 92.9 Å². The van der Waals surface area contributed by atoms with E-state index in [9.17, 15) is 9.18 Å². The lowest BCUT2D eigenvalue weighted by Gasteiger charge is -2.11. The van der Waals surface area contributed by atoms with Crippen LogP contribution in [0.15, 0.2) is 64.8 Å². The fourth-order valence-electron chi connectivity index (χ4n) is 3.23. The molecule has 3 aromatic carbocycles. The second-order valence-corrected chi connectivity index (χ2v) is 7.72. The summed E-state index contributed by atoms with van der Waals surface area (Å²) in [5.41, 5.74) is 2.79. The first kappa shape index (κ1) is 20.2. The minimum Gasteiger partial charge on any atom is -0.496 e. The summed E-state index contributed by atoms with van der Waals surface area (Å²) in [5.74, 6) is 1.46. The Morgan fingerprint density at radius 2 is 1.80 bits per heavy atom. The Hall–Kier alpha value is -3.12. The van der Waals surface area contributed by atoms with Gasteiger partial charge in [-0.05, 0) is 61.0 Å². The van der Waals surface area contributed by atoms with Crippen LogP contribution in [0.2, 0.25) is 0 Å². The van der Waals surface area contributed by atoms with Gasteiger partial charge < -0.3 is 14.2 Å². The van der Waals surface area contributed by atoms with Gasteiger partial charge in [0, 0.05) is 15.6 Å². The van der Waals surface area contributed by atoms with Crippen molar-refractivity contribution in [2.24, 2.45) is 0 Å². The van der Waals surface area contributed by atoms with Crippen LogP contribution in [0.25, 0.3) is 6.08 Å². The molecule has 1 aliphatic rings. The van der Waals surface area contributed by atoms with E-state index >= 15 is 0 Å². The highest BCUT2D eigenvalue weighted by atomic mass is 79.9. The van der Waals surface area contributed by atoms with Crippen molar-refractivity contribution in [3.63, 3.8) is 0 Å². The van der Waals surface area contributed by atoms with Crippen molar-refractivity contribution in [1.29, 1.82) is 0 Å². The highest BCUT2D eigenvalue weighted by molar-refractivity contribution is 9.10. The predicted molar refractivity (Wildman–Crippen MR) is 116 cm³/mol. The van der Waals surface area contributed by atoms with Crippen LogP contribution in [-0.2, 0) is 6.61 Å². The maximum Gasteiger partial charge on any atom is 0.231 e. The molecule has 0 N–H and O–H groups in total. The number of rotatable bonds is 5. The number of ether oxygens (including phenoxy) is 3. The van der Waals surface area contributed by atoms with Crippen LogP contribution < -0.4 is 14.2 Å². The molecule has 4 nitrogen and oxygen atoms in total. The fraction of sp³-hybridized carbons (Fsp3) is 0.125. The standard InChI is InChI=1S/C24H18BrFO4/c1-14-20(29-13-15-3-6-18(26)7-4-15)10-8-19-23(27)22(30-24(14)19)12-16-11-17(25)5-9-21(16)28-2/h3-12H,13H2,1-2H3/b22-12-. The van der Waals surface area contributed by atoms with Gasteiger partial charge in [0.2, 0.25) is 5.78 Å². The maximum atomic E-state index is 13.1. The molecule has 0 bridgehead atoms. The average molecular weight is 469 g/mol. The minimum absolute atomic E-state index is 0.194. The summed E-state index contributed by atoms with van der Waals surface area (Å²) in [6, 6.07) is 15.1. The summed E-state index contributed by atoms with van der Waals surface area (Å²) in [7, 11) is 1.58. The van der Waals surface area contributed by atoms with Gasteiger partial charge in [0.05, 0.1) is 12.7 Å². The van der Waals surface area contributed by atoms with Crippen molar-refractivity contribution in [3.8, 4) is 17.2 Å². The van der Waals surface area contributed by atoms with E-state index in [4.69, 9.17) is 14.2 Å². The molecule has 0 saturated carbocycles. The Morgan fingerprint density at radius 1 is 1.07 bits per heavy atom. The highest BCUT2D eigenvalue weighted by Crippen LogP contribution is 2.40. The first-order chi connectivity index (χ1) is 14.5. The number of fused-ring (bicyclic) bond motifs is 1. The van der Waals surface area contributed by atoms with Crippen molar-refractivity contribution in [2.75, 3.05) is 7.11 Å². The molecule has 0 fully saturated rings. The molecule has 0 amide bonds. The van der Waals surface area contributed by atoms with Crippen LogP contribution >= 0.6 is 15.9 Å². The molecule has 0 radical (unpaired) electrons. The van der Waals surface area contributed by atoms with E-state index in [0.717, 1.165) is 21.2 Å². The molecule has 1 aliphatic heterocycles. The second kappa shape index (κ2) is 8.32. The van der Waals surface area contributed by atoms with E-state index in [-0.39, 0.29) is 24.0 Å². The molecular formula is C24H18BrFO4. The van der Waals surface area contributed by atoms with Crippen molar-refractivity contribution >= 4 is 27.8 Å². The molecule has 0 aromatic heterocycles. The van der Waals surface area contributed by atoms with E-state index in [0.29, 0.717) is 22.8 Å². The first-order valence-corrected chi connectivity index (χ1v) is 10.0. The third-order valence-corrected chi connectivity index (χ3v) is 5.32.